The first-order chi connectivity index (χ1) is 13.6. The summed E-state index contributed by atoms with van der Waals surface area (Å²) in [6.07, 6.45) is 0.176. The molecule has 1 unspecified atom stereocenters. The van der Waals surface area contributed by atoms with Gasteiger partial charge in [-0.3, -0.25) is 4.57 Å². The van der Waals surface area contributed by atoms with Crippen LogP contribution in [0.2, 0.25) is 0 Å². The van der Waals surface area contributed by atoms with Gasteiger partial charge in [0.25, 0.3) is 0 Å². The van der Waals surface area contributed by atoms with Crippen LogP contribution < -0.4 is 16.0 Å². The van der Waals surface area contributed by atoms with Crippen LogP contribution in [0.1, 0.15) is 12.6 Å². The topological polar surface area (TPSA) is 139 Å². The highest BCUT2D eigenvalue weighted by molar-refractivity contribution is 7.80. The summed E-state index contributed by atoms with van der Waals surface area (Å²) in [5.41, 5.74) is 1.07. The summed E-state index contributed by atoms with van der Waals surface area (Å²) >= 11 is 5.03. The van der Waals surface area contributed by atoms with Gasteiger partial charge >= 0.3 is 0 Å². The molecule has 152 valence electrons. The fraction of sp³-hybridized carbons (Fsp3) is 0.625. The molecule has 0 aromatic carbocycles. The molecule has 2 aliphatic heterocycles. The number of aliphatic hydroxyl groups excluding tert-OH is 2. The number of anilines is 1. The second kappa shape index (κ2) is 8.09. The number of thiocarbonyl (C=S) groups is 1. The van der Waals surface area contributed by atoms with E-state index in [9.17, 15) is 10.2 Å². The maximum Gasteiger partial charge on any atom is 0.167 e. The van der Waals surface area contributed by atoms with Crippen molar-refractivity contribution in [3.05, 3.63) is 12.7 Å². The second-order valence-electron chi connectivity index (χ2n) is 6.76. The van der Waals surface area contributed by atoms with Crippen LogP contribution in [-0.4, -0.2) is 86.0 Å². The number of nitrogens with one attached hydrogen (secondary N) is 3. The van der Waals surface area contributed by atoms with Crippen LogP contribution in [0.5, 0.6) is 0 Å². The molecule has 28 heavy (non-hydrogen) atoms. The molecule has 2 fully saturated rings. The number of fused-ring (bicyclic) bond motifs is 1. The minimum atomic E-state index is -1.14. The van der Waals surface area contributed by atoms with E-state index in [4.69, 9.17) is 21.7 Å². The van der Waals surface area contributed by atoms with Gasteiger partial charge in [-0.05, 0) is 18.6 Å². The van der Waals surface area contributed by atoms with E-state index in [2.05, 4.69) is 30.9 Å². The Bertz CT molecular complexity index is 844. The molecule has 5 N–H and O–H groups in total. The van der Waals surface area contributed by atoms with Gasteiger partial charge in [-0.25, -0.2) is 15.0 Å². The fourth-order valence-electron chi connectivity index (χ4n) is 3.39. The molecule has 11 nitrogen and oxygen atoms in total. The molecule has 0 saturated carbocycles. The molecule has 2 aliphatic rings. The van der Waals surface area contributed by atoms with E-state index >= 15 is 0 Å². The Kier molecular flexibility index (Phi) is 5.55. The first-order valence-corrected chi connectivity index (χ1v) is 9.48. The van der Waals surface area contributed by atoms with Crippen LogP contribution in [0.4, 0.5) is 5.82 Å². The third kappa shape index (κ3) is 3.61. The minimum absolute atomic E-state index is 0.171. The lowest BCUT2D eigenvalue weighted by Gasteiger charge is -2.17. The van der Waals surface area contributed by atoms with E-state index < -0.39 is 24.5 Å². The Hall–Kier alpha value is -2.12. The van der Waals surface area contributed by atoms with Crippen molar-refractivity contribution in [2.24, 2.45) is 0 Å². The molecule has 12 heteroatoms. The van der Waals surface area contributed by atoms with Gasteiger partial charge in [0, 0.05) is 20.2 Å². The van der Waals surface area contributed by atoms with Crippen LogP contribution in [0, 0.1) is 0 Å². The predicted molar refractivity (Wildman–Crippen MR) is 104 cm³/mol. The van der Waals surface area contributed by atoms with E-state index in [-0.39, 0.29) is 12.6 Å². The quantitative estimate of drug-likeness (QED) is 0.378. The molecule has 0 aliphatic carbocycles. The van der Waals surface area contributed by atoms with Gasteiger partial charge in [0.15, 0.2) is 28.3 Å². The standard InChI is InChI=1S/C16H23N7O4S/c1-17-16(28)18-4-9-11(24)12(25)15(27-9)23-7-21-10-13(19-6-20-14(10)23)22-8-2-3-26-5-8/h6-9,11-12,15,24-25H,2-5H2,1H3,(H2,17,18,28)(H,19,20,22)/t8-,9-,11-,12-,15?/m1/s1. The lowest BCUT2D eigenvalue weighted by atomic mass is 10.1. The molecular formula is C16H23N7O4S. The summed E-state index contributed by atoms with van der Waals surface area (Å²) in [5.74, 6) is 0.602. The molecule has 2 aromatic heterocycles. The molecule has 0 radical (unpaired) electrons. The van der Waals surface area contributed by atoms with E-state index in [1.807, 2.05) is 0 Å². The molecule has 0 bridgehead atoms. The minimum Gasteiger partial charge on any atom is -0.387 e. The van der Waals surface area contributed by atoms with Crippen molar-refractivity contribution < 1.29 is 19.7 Å². The number of ether oxygens (including phenoxy) is 2. The van der Waals surface area contributed by atoms with Crippen LogP contribution >= 0.6 is 12.2 Å². The Morgan fingerprint density at radius 2 is 2.18 bits per heavy atom. The molecule has 5 atom stereocenters. The SMILES string of the molecule is CNC(=S)NC[C@H]1OC(n2cnc3c(N[C@@H]4CCOC4)ncnc32)[C@H](O)[C@@H]1O. The van der Waals surface area contributed by atoms with Crippen LogP contribution in [0.3, 0.4) is 0 Å². The molecule has 2 saturated heterocycles. The zero-order chi connectivity index (χ0) is 19.7. The lowest BCUT2D eigenvalue weighted by molar-refractivity contribution is -0.0331. The van der Waals surface area contributed by atoms with Gasteiger partial charge in [0.2, 0.25) is 0 Å². The van der Waals surface area contributed by atoms with Crippen molar-refractivity contribution in [3.63, 3.8) is 0 Å². The monoisotopic (exact) mass is 409 g/mol. The predicted octanol–water partition coefficient (Wildman–Crippen LogP) is -1.26. The molecule has 0 spiro atoms. The number of hydrogen-bond donors (Lipinski definition) is 5. The van der Waals surface area contributed by atoms with Gasteiger partial charge in [-0.1, -0.05) is 0 Å². The van der Waals surface area contributed by atoms with E-state index in [1.54, 1.807) is 11.6 Å². The first kappa shape index (κ1) is 19.2. The number of hydrogen-bond acceptors (Lipinski definition) is 9. The maximum atomic E-state index is 10.5. The average molecular weight is 409 g/mol. The smallest absolute Gasteiger partial charge is 0.167 e. The lowest BCUT2D eigenvalue weighted by Crippen LogP contribution is -2.42. The molecule has 2 aromatic rings. The zero-order valence-corrected chi connectivity index (χ0v) is 16.1. The highest BCUT2D eigenvalue weighted by Gasteiger charge is 2.44. The maximum absolute atomic E-state index is 10.5. The van der Waals surface area contributed by atoms with Crippen molar-refractivity contribution in [2.75, 3.05) is 32.1 Å². The molecule has 4 rings (SSSR count). The molecule has 0 amide bonds. The highest BCUT2D eigenvalue weighted by atomic mass is 32.1. The Morgan fingerprint density at radius 3 is 2.93 bits per heavy atom. The number of imidazole rings is 1. The third-order valence-corrected chi connectivity index (χ3v) is 5.28. The Morgan fingerprint density at radius 1 is 1.32 bits per heavy atom. The van der Waals surface area contributed by atoms with E-state index in [1.165, 1.54) is 12.7 Å². The van der Waals surface area contributed by atoms with Crippen molar-refractivity contribution in [1.29, 1.82) is 0 Å². The number of aromatic nitrogens is 4. The van der Waals surface area contributed by atoms with Gasteiger partial charge in [0.05, 0.1) is 19.0 Å². The van der Waals surface area contributed by atoms with Crippen LogP contribution in [-0.2, 0) is 9.47 Å². The van der Waals surface area contributed by atoms with E-state index in [0.29, 0.717) is 35.3 Å². The van der Waals surface area contributed by atoms with Crippen molar-refractivity contribution in [1.82, 2.24) is 30.2 Å². The largest absolute Gasteiger partial charge is 0.387 e. The second-order valence-corrected chi connectivity index (χ2v) is 7.17. The van der Waals surface area contributed by atoms with Crippen LogP contribution in [0.25, 0.3) is 11.2 Å². The summed E-state index contributed by atoms with van der Waals surface area (Å²) in [5, 5.41) is 30.3. The molecular weight excluding hydrogens is 386 g/mol. The first-order valence-electron chi connectivity index (χ1n) is 9.07. The third-order valence-electron chi connectivity index (χ3n) is 4.93. The van der Waals surface area contributed by atoms with Crippen molar-refractivity contribution >= 4 is 34.3 Å². The van der Waals surface area contributed by atoms with Gasteiger partial charge in [-0.2, -0.15) is 0 Å². The average Bonchev–Trinajstić information content (AvgIpc) is 3.42. The Balaban J connectivity index is 1.54. The molecule has 4 heterocycles. The van der Waals surface area contributed by atoms with Crippen molar-refractivity contribution in [2.45, 2.75) is 37.0 Å². The Labute approximate surface area is 166 Å². The van der Waals surface area contributed by atoms with Gasteiger partial charge in [-0.15, -0.1) is 0 Å². The normalized spacial score (nSPS) is 29.9. The summed E-state index contributed by atoms with van der Waals surface area (Å²) in [6, 6.07) is 0.171. The van der Waals surface area contributed by atoms with Gasteiger partial charge < -0.3 is 35.6 Å². The van der Waals surface area contributed by atoms with Crippen LogP contribution in [0.15, 0.2) is 12.7 Å². The summed E-state index contributed by atoms with van der Waals surface area (Å²) < 4.78 is 12.9. The van der Waals surface area contributed by atoms with E-state index in [0.717, 1.165) is 6.42 Å². The highest BCUT2D eigenvalue weighted by Crippen LogP contribution is 2.32. The number of rotatable bonds is 5. The van der Waals surface area contributed by atoms with Gasteiger partial charge in [0.1, 0.15) is 24.6 Å². The zero-order valence-electron chi connectivity index (χ0n) is 15.3. The summed E-state index contributed by atoms with van der Waals surface area (Å²) in [7, 11) is 1.69. The fourth-order valence-corrected chi connectivity index (χ4v) is 3.48. The summed E-state index contributed by atoms with van der Waals surface area (Å²) in [4.78, 5) is 13.0. The number of aliphatic hydroxyl groups is 2. The number of nitrogens with zero attached hydrogens (tertiary/aromatic N) is 4. The summed E-state index contributed by atoms with van der Waals surface area (Å²) in [6.45, 7) is 1.59. The van der Waals surface area contributed by atoms with Crippen molar-refractivity contribution in [3.8, 4) is 0 Å².